The van der Waals surface area contributed by atoms with E-state index in [0.29, 0.717) is 17.1 Å². The van der Waals surface area contributed by atoms with Crippen LogP contribution >= 0.6 is 0 Å². The number of benzene rings is 2. The summed E-state index contributed by atoms with van der Waals surface area (Å²) in [5.74, 6) is -2.06. The lowest BCUT2D eigenvalue weighted by molar-refractivity contribution is -0.140. The molecule has 4 heterocycles. The average molecular weight is 643 g/mol. The second-order valence-electron chi connectivity index (χ2n) is 12.6. The molecule has 4 atom stereocenters. The van der Waals surface area contributed by atoms with Gasteiger partial charge in [-0.05, 0) is 36.1 Å². The Morgan fingerprint density at radius 3 is 2.57 bits per heavy atom. The number of aryl methyl sites for hydroxylation is 1. The first-order chi connectivity index (χ1) is 22.6. The zero-order chi connectivity index (χ0) is 33.2. The third kappa shape index (κ3) is 6.81. The van der Waals surface area contributed by atoms with Crippen LogP contribution in [0.5, 0.6) is 5.75 Å². The molecule has 14 heteroatoms. The number of carbonyl (C=O) groups excluding carboxylic acids is 5. The summed E-state index contributed by atoms with van der Waals surface area (Å²) in [6.45, 7) is 5.18. The summed E-state index contributed by atoms with van der Waals surface area (Å²) in [6.07, 6.45) is 2.13. The van der Waals surface area contributed by atoms with E-state index in [4.69, 9.17) is 4.74 Å². The van der Waals surface area contributed by atoms with Crippen LogP contribution in [-0.2, 0) is 36.9 Å². The Hall–Kier alpha value is -5.27. The number of amides is 5. The van der Waals surface area contributed by atoms with Crippen molar-refractivity contribution in [2.24, 2.45) is 5.92 Å². The molecule has 2 aromatic carbocycles. The van der Waals surface area contributed by atoms with Gasteiger partial charge >= 0.3 is 0 Å². The molecule has 14 nitrogen and oxygen atoms in total. The van der Waals surface area contributed by atoms with Crippen LogP contribution in [0.1, 0.15) is 43.1 Å². The number of nitrogens with zero attached hydrogens (tertiary/aromatic N) is 5. The molecule has 3 N–H and O–H groups in total. The molecule has 246 valence electrons. The molecule has 0 aliphatic carbocycles. The van der Waals surface area contributed by atoms with Gasteiger partial charge in [0, 0.05) is 19.4 Å². The first-order valence-electron chi connectivity index (χ1n) is 15.7. The number of carbonyl (C=O) groups is 5. The topological polar surface area (TPSA) is 168 Å². The highest BCUT2D eigenvalue weighted by atomic mass is 16.5. The summed E-state index contributed by atoms with van der Waals surface area (Å²) in [4.78, 5) is 70.7. The Balaban J connectivity index is 1.29. The number of hydrogen-bond donors (Lipinski definition) is 3. The summed E-state index contributed by atoms with van der Waals surface area (Å²) in [5.41, 5.74) is 2.72. The fourth-order valence-corrected chi connectivity index (χ4v) is 6.22. The van der Waals surface area contributed by atoms with E-state index in [1.807, 2.05) is 43.3 Å². The van der Waals surface area contributed by atoms with Crippen LogP contribution in [0, 0.1) is 12.8 Å². The minimum atomic E-state index is -0.984. The van der Waals surface area contributed by atoms with Gasteiger partial charge in [-0.25, -0.2) is 4.68 Å². The number of fused-ring (bicyclic) bond motifs is 6. The number of ether oxygens (including phenoxy) is 1. The Bertz CT molecular complexity index is 1690. The minimum absolute atomic E-state index is 0.0710. The van der Waals surface area contributed by atoms with Crippen molar-refractivity contribution in [2.75, 3.05) is 24.6 Å². The Kier molecular flexibility index (Phi) is 8.92. The average Bonchev–Trinajstić information content (AvgIpc) is 3.71. The third-order valence-electron chi connectivity index (χ3n) is 8.79. The van der Waals surface area contributed by atoms with Crippen LogP contribution in [0.15, 0.2) is 54.7 Å². The first kappa shape index (κ1) is 31.7. The van der Waals surface area contributed by atoms with Crippen molar-refractivity contribution >= 4 is 35.2 Å². The molecule has 4 bridgehead atoms. The zero-order valence-corrected chi connectivity index (χ0v) is 26.5. The molecule has 5 amide bonds. The fraction of sp³-hybridized carbons (Fsp3) is 0.424. The summed E-state index contributed by atoms with van der Waals surface area (Å²) in [7, 11) is 0. The van der Waals surface area contributed by atoms with Gasteiger partial charge in [0.1, 0.15) is 36.1 Å². The van der Waals surface area contributed by atoms with Crippen molar-refractivity contribution in [3.05, 3.63) is 71.5 Å². The fourth-order valence-electron chi connectivity index (χ4n) is 6.22. The van der Waals surface area contributed by atoms with E-state index < -0.39 is 47.8 Å². The maximum absolute atomic E-state index is 14.0. The largest absolute Gasteiger partial charge is 0.482 e. The van der Waals surface area contributed by atoms with E-state index in [-0.39, 0.29) is 50.9 Å². The van der Waals surface area contributed by atoms with Gasteiger partial charge in [0.25, 0.3) is 5.91 Å². The number of rotatable bonds is 5. The Morgan fingerprint density at radius 2 is 1.81 bits per heavy atom. The van der Waals surface area contributed by atoms with E-state index in [9.17, 15) is 24.0 Å². The van der Waals surface area contributed by atoms with Gasteiger partial charge in [-0.3, -0.25) is 28.9 Å². The van der Waals surface area contributed by atoms with Crippen LogP contribution in [0.3, 0.4) is 0 Å². The van der Waals surface area contributed by atoms with E-state index >= 15 is 0 Å². The molecule has 1 aromatic heterocycles. The molecule has 1 fully saturated rings. The Morgan fingerprint density at radius 1 is 1.02 bits per heavy atom. The van der Waals surface area contributed by atoms with Crippen LogP contribution < -0.4 is 25.6 Å². The summed E-state index contributed by atoms with van der Waals surface area (Å²) in [6, 6.07) is 11.5. The predicted octanol–water partition coefficient (Wildman–Crippen LogP) is 0.652. The van der Waals surface area contributed by atoms with Gasteiger partial charge in [-0.15, -0.1) is 5.10 Å². The van der Waals surface area contributed by atoms with Crippen LogP contribution in [0.4, 0.5) is 5.69 Å². The van der Waals surface area contributed by atoms with E-state index in [1.165, 1.54) is 9.80 Å². The van der Waals surface area contributed by atoms with Crippen molar-refractivity contribution < 1.29 is 28.7 Å². The maximum atomic E-state index is 14.0. The van der Waals surface area contributed by atoms with Gasteiger partial charge < -0.3 is 25.6 Å². The van der Waals surface area contributed by atoms with Gasteiger partial charge in [-0.2, -0.15) is 0 Å². The molecule has 0 saturated carbocycles. The van der Waals surface area contributed by atoms with Crippen LogP contribution in [-0.4, -0.2) is 87.3 Å². The van der Waals surface area contributed by atoms with E-state index in [1.54, 1.807) is 36.9 Å². The van der Waals surface area contributed by atoms with Crippen LogP contribution in [0.2, 0.25) is 0 Å². The molecule has 3 aliphatic rings. The van der Waals surface area contributed by atoms with Gasteiger partial charge in [0.05, 0.1) is 24.5 Å². The third-order valence-corrected chi connectivity index (χ3v) is 8.79. The molecule has 0 radical (unpaired) electrons. The second kappa shape index (κ2) is 13.2. The Labute approximate surface area is 271 Å². The summed E-state index contributed by atoms with van der Waals surface area (Å²) < 4.78 is 7.17. The normalized spacial score (nSPS) is 23.2. The van der Waals surface area contributed by atoms with Crippen molar-refractivity contribution in [1.29, 1.82) is 0 Å². The molecule has 3 aromatic rings. The molecule has 6 rings (SSSR count). The number of hydrogen-bond acceptors (Lipinski definition) is 8. The molecule has 47 heavy (non-hydrogen) atoms. The number of likely N-dealkylation sites (tertiary alicyclic amines) is 1. The monoisotopic (exact) mass is 642 g/mol. The van der Waals surface area contributed by atoms with Gasteiger partial charge in [-0.1, -0.05) is 55.5 Å². The lowest BCUT2D eigenvalue weighted by atomic mass is 10.00. The number of nitrogens with one attached hydrogen (secondary N) is 3. The quantitative estimate of drug-likeness (QED) is 0.365. The lowest BCUT2D eigenvalue weighted by Gasteiger charge is -2.32. The van der Waals surface area contributed by atoms with E-state index in [2.05, 4.69) is 26.3 Å². The van der Waals surface area contributed by atoms with Crippen molar-refractivity contribution in [2.45, 2.75) is 64.3 Å². The second-order valence-corrected chi connectivity index (χ2v) is 12.6. The minimum Gasteiger partial charge on any atom is -0.482 e. The molecule has 3 aliphatic heterocycles. The lowest BCUT2D eigenvalue weighted by Crippen LogP contribution is -2.58. The zero-order valence-electron chi connectivity index (χ0n) is 26.5. The van der Waals surface area contributed by atoms with Crippen molar-refractivity contribution in [3.8, 4) is 5.75 Å². The molecular weight excluding hydrogens is 604 g/mol. The smallest absolute Gasteiger partial charge is 0.265 e. The highest BCUT2D eigenvalue weighted by Gasteiger charge is 2.43. The van der Waals surface area contributed by atoms with E-state index in [0.717, 1.165) is 11.1 Å². The van der Waals surface area contributed by atoms with Gasteiger partial charge in [0.15, 0.2) is 6.61 Å². The molecule has 1 saturated heterocycles. The van der Waals surface area contributed by atoms with Crippen LogP contribution in [0.25, 0.3) is 0 Å². The number of aromatic nitrogens is 3. The number of anilines is 1. The molecule has 0 spiro atoms. The highest BCUT2D eigenvalue weighted by Crippen LogP contribution is 2.34. The first-order valence-corrected chi connectivity index (χ1v) is 15.7. The standard InChI is InChI=1S/C33H38N8O6/c1-19(2)30-33(46)35-24(12-21-7-5-4-6-8-21)31(44)34-14-22-15-41(38-37-22)23-13-26(32(45)36-30)39(16-23)28(42)17-40-25-11-20(3)9-10-27(25)47-18-29(40)43/h4-11,15,19,23-24,26,30H,12-14,16-18H2,1-3H3,(H,34,44)(H,35,46)(H,36,45)/t23-,24+,26-,30-/m0/s1. The van der Waals surface area contributed by atoms with Crippen molar-refractivity contribution in [3.63, 3.8) is 0 Å². The highest BCUT2D eigenvalue weighted by molar-refractivity contribution is 6.03. The van der Waals surface area contributed by atoms with Crippen molar-refractivity contribution in [1.82, 2.24) is 35.8 Å². The summed E-state index contributed by atoms with van der Waals surface area (Å²) in [5, 5.41) is 17.0. The van der Waals surface area contributed by atoms with Gasteiger partial charge in [0.2, 0.25) is 23.6 Å². The SMILES string of the molecule is Cc1ccc2c(c1)N(CC(=O)N1C[C@@H]3C[C@H]1C(=O)N[C@@H](C(C)C)C(=O)N[C@H](Cc1ccccc1)C(=O)NCc1cn3nn1)C(=O)CO2. The predicted molar refractivity (Wildman–Crippen MR) is 169 cm³/mol. The maximum Gasteiger partial charge on any atom is 0.265 e. The molecular formula is C33H38N8O6. The molecule has 0 unspecified atom stereocenters. The summed E-state index contributed by atoms with van der Waals surface area (Å²) >= 11 is 0.